The molecule has 8 heteroatoms. The van der Waals surface area contributed by atoms with Crippen molar-refractivity contribution in [2.75, 3.05) is 0 Å². The molecule has 1 aromatic rings. The van der Waals surface area contributed by atoms with Gasteiger partial charge in [0.15, 0.2) is 6.10 Å². The Morgan fingerprint density at radius 3 is 2.47 bits per heavy atom. The summed E-state index contributed by atoms with van der Waals surface area (Å²) < 4.78 is 45.9. The number of hydrogen-bond donors (Lipinski definition) is 1. The van der Waals surface area contributed by atoms with Crippen molar-refractivity contribution >= 4 is 11.9 Å². The number of esters is 1. The minimum atomic E-state index is -5.15. The molecule has 1 amide bonds. The molecule has 0 fully saturated rings. The molecule has 0 radical (unpaired) electrons. The fourth-order valence-electron chi connectivity index (χ4n) is 1.70. The average Bonchev–Trinajstić information content (AvgIpc) is 2.67. The van der Waals surface area contributed by atoms with E-state index in [-0.39, 0.29) is 11.3 Å². The van der Waals surface area contributed by atoms with Gasteiger partial charge in [0, 0.05) is 5.56 Å². The predicted octanol–water partition coefficient (Wildman–Crippen LogP) is 1.08. The molecule has 102 valence electrons. The van der Waals surface area contributed by atoms with Gasteiger partial charge in [0.2, 0.25) is 6.10 Å². The summed E-state index contributed by atoms with van der Waals surface area (Å²) in [6, 6.07) is 5.91. The Morgan fingerprint density at radius 2 is 1.89 bits per heavy atom. The fourth-order valence-corrected chi connectivity index (χ4v) is 1.70. The minimum Gasteiger partial charge on any atom is -0.476 e. The molecule has 5 nitrogen and oxygen atoms in total. The monoisotopic (exact) mass is 275 g/mol. The SMILES string of the molecule is NC(=O)C1Oc2ccccc2C1OC(=O)C(F)(F)F. The Morgan fingerprint density at radius 1 is 1.26 bits per heavy atom. The second-order valence-electron chi connectivity index (χ2n) is 3.80. The van der Waals surface area contributed by atoms with Gasteiger partial charge in [0.25, 0.3) is 5.91 Å². The number of fused-ring (bicyclic) bond motifs is 1. The third kappa shape index (κ3) is 2.47. The fraction of sp³-hybridized carbons (Fsp3) is 0.273. The number of hydrogen-bond acceptors (Lipinski definition) is 4. The van der Waals surface area contributed by atoms with Crippen LogP contribution >= 0.6 is 0 Å². The highest BCUT2D eigenvalue weighted by Gasteiger charge is 2.47. The topological polar surface area (TPSA) is 78.6 Å². The first kappa shape index (κ1) is 13.2. The van der Waals surface area contributed by atoms with Crippen molar-refractivity contribution in [3.63, 3.8) is 0 Å². The van der Waals surface area contributed by atoms with Crippen molar-refractivity contribution < 1.29 is 32.2 Å². The predicted molar refractivity (Wildman–Crippen MR) is 54.9 cm³/mol. The van der Waals surface area contributed by atoms with Gasteiger partial charge in [0.05, 0.1) is 0 Å². The molecule has 0 saturated heterocycles. The highest BCUT2D eigenvalue weighted by atomic mass is 19.4. The number of halogens is 3. The molecule has 1 aliphatic heterocycles. The van der Waals surface area contributed by atoms with Gasteiger partial charge in [-0.2, -0.15) is 13.2 Å². The molecule has 19 heavy (non-hydrogen) atoms. The van der Waals surface area contributed by atoms with Gasteiger partial charge in [-0.25, -0.2) is 4.79 Å². The second kappa shape index (κ2) is 4.45. The Balaban J connectivity index is 2.30. The van der Waals surface area contributed by atoms with Crippen LogP contribution in [0.25, 0.3) is 0 Å². The van der Waals surface area contributed by atoms with Crippen LogP contribution < -0.4 is 10.5 Å². The maximum Gasteiger partial charge on any atom is 0.490 e. The van der Waals surface area contributed by atoms with Crippen LogP contribution in [0.4, 0.5) is 13.2 Å². The average molecular weight is 275 g/mol. The van der Waals surface area contributed by atoms with E-state index in [1.54, 1.807) is 6.07 Å². The molecule has 2 rings (SSSR count). The minimum absolute atomic E-state index is 0.159. The van der Waals surface area contributed by atoms with Crippen LogP contribution in [0.5, 0.6) is 5.75 Å². The van der Waals surface area contributed by atoms with Crippen LogP contribution in [-0.4, -0.2) is 24.2 Å². The standard InChI is InChI=1S/C11H8F3NO4/c12-11(13,14)10(17)19-7-5-3-1-2-4-6(5)18-8(7)9(15)16/h1-4,7-8H,(H2,15,16). The van der Waals surface area contributed by atoms with E-state index >= 15 is 0 Å². The van der Waals surface area contributed by atoms with Gasteiger partial charge >= 0.3 is 12.1 Å². The van der Waals surface area contributed by atoms with Crippen LogP contribution in [-0.2, 0) is 14.3 Å². The first-order valence-electron chi connectivity index (χ1n) is 5.13. The smallest absolute Gasteiger partial charge is 0.476 e. The summed E-state index contributed by atoms with van der Waals surface area (Å²) in [6.45, 7) is 0. The normalized spacial score (nSPS) is 21.4. The summed E-state index contributed by atoms with van der Waals surface area (Å²) in [4.78, 5) is 22.0. The first-order valence-corrected chi connectivity index (χ1v) is 5.13. The lowest BCUT2D eigenvalue weighted by atomic mass is 10.1. The van der Waals surface area contributed by atoms with Gasteiger partial charge in [-0.3, -0.25) is 4.79 Å². The van der Waals surface area contributed by atoms with Crippen molar-refractivity contribution in [2.45, 2.75) is 18.4 Å². The highest BCUT2D eigenvalue weighted by Crippen LogP contribution is 2.39. The molecule has 1 aliphatic rings. The van der Waals surface area contributed by atoms with Crippen LogP contribution in [0.1, 0.15) is 11.7 Å². The van der Waals surface area contributed by atoms with Gasteiger partial charge in [-0.1, -0.05) is 18.2 Å². The molecular formula is C11H8F3NO4. The summed E-state index contributed by atoms with van der Waals surface area (Å²) in [6.07, 6.45) is -8.12. The third-order valence-electron chi connectivity index (χ3n) is 2.50. The third-order valence-corrected chi connectivity index (χ3v) is 2.50. The van der Waals surface area contributed by atoms with E-state index < -0.39 is 30.3 Å². The van der Waals surface area contributed by atoms with E-state index in [1.807, 2.05) is 0 Å². The van der Waals surface area contributed by atoms with E-state index in [4.69, 9.17) is 10.5 Å². The van der Waals surface area contributed by atoms with Crippen LogP contribution in [0.15, 0.2) is 24.3 Å². The lowest BCUT2D eigenvalue weighted by Gasteiger charge is -2.17. The summed E-state index contributed by atoms with van der Waals surface area (Å²) in [7, 11) is 0. The maximum atomic E-state index is 12.2. The number of primary amides is 1. The van der Waals surface area contributed by atoms with E-state index in [0.29, 0.717) is 0 Å². The van der Waals surface area contributed by atoms with E-state index in [0.717, 1.165) is 0 Å². The van der Waals surface area contributed by atoms with Gasteiger partial charge in [-0.15, -0.1) is 0 Å². The molecule has 1 heterocycles. The van der Waals surface area contributed by atoms with Gasteiger partial charge < -0.3 is 15.2 Å². The molecule has 0 aromatic heterocycles. The quantitative estimate of drug-likeness (QED) is 0.819. The molecule has 0 aliphatic carbocycles. The maximum absolute atomic E-state index is 12.2. The number of alkyl halides is 3. The zero-order valence-corrected chi connectivity index (χ0v) is 9.31. The number of para-hydroxylation sites is 1. The van der Waals surface area contributed by atoms with Crippen molar-refractivity contribution in [1.29, 1.82) is 0 Å². The first-order chi connectivity index (χ1) is 8.80. The molecule has 2 N–H and O–H groups in total. The Hall–Kier alpha value is -2.25. The lowest BCUT2D eigenvalue weighted by Crippen LogP contribution is -2.38. The van der Waals surface area contributed by atoms with Crippen LogP contribution in [0.2, 0.25) is 0 Å². The number of carbonyl (C=O) groups excluding carboxylic acids is 2. The summed E-state index contributed by atoms with van der Waals surface area (Å²) in [5, 5.41) is 0. The van der Waals surface area contributed by atoms with Gasteiger partial charge in [-0.05, 0) is 6.07 Å². The van der Waals surface area contributed by atoms with E-state index in [1.165, 1.54) is 18.2 Å². The Labute approximate surface area is 105 Å². The molecular weight excluding hydrogens is 267 g/mol. The Kier molecular flexibility index (Phi) is 3.09. The molecule has 0 spiro atoms. The van der Waals surface area contributed by atoms with Crippen molar-refractivity contribution in [2.24, 2.45) is 5.73 Å². The number of carbonyl (C=O) groups is 2. The second-order valence-corrected chi connectivity index (χ2v) is 3.80. The zero-order chi connectivity index (χ0) is 14.2. The lowest BCUT2D eigenvalue weighted by molar-refractivity contribution is -0.207. The number of nitrogens with two attached hydrogens (primary N) is 1. The van der Waals surface area contributed by atoms with Crippen molar-refractivity contribution in [3.8, 4) is 5.75 Å². The molecule has 0 bridgehead atoms. The number of ether oxygens (including phenoxy) is 2. The van der Waals surface area contributed by atoms with Crippen molar-refractivity contribution in [3.05, 3.63) is 29.8 Å². The molecule has 0 saturated carbocycles. The van der Waals surface area contributed by atoms with Crippen molar-refractivity contribution in [1.82, 2.24) is 0 Å². The van der Waals surface area contributed by atoms with Gasteiger partial charge in [0.1, 0.15) is 5.75 Å². The summed E-state index contributed by atoms with van der Waals surface area (Å²) >= 11 is 0. The number of rotatable bonds is 2. The number of benzene rings is 1. The zero-order valence-electron chi connectivity index (χ0n) is 9.31. The highest BCUT2D eigenvalue weighted by molar-refractivity contribution is 5.83. The Bertz CT molecular complexity index is 529. The van der Waals surface area contributed by atoms with Crippen LogP contribution in [0, 0.1) is 0 Å². The van der Waals surface area contributed by atoms with Crippen LogP contribution in [0.3, 0.4) is 0 Å². The number of amides is 1. The molecule has 1 aromatic carbocycles. The van der Waals surface area contributed by atoms with E-state index in [9.17, 15) is 22.8 Å². The molecule has 2 atom stereocenters. The van der Waals surface area contributed by atoms with E-state index in [2.05, 4.69) is 4.74 Å². The molecule has 2 unspecified atom stereocenters. The summed E-state index contributed by atoms with van der Waals surface area (Å²) in [5.41, 5.74) is 5.19. The largest absolute Gasteiger partial charge is 0.490 e. The summed E-state index contributed by atoms with van der Waals surface area (Å²) in [5.74, 6) is -3.26.